The van der Waals surface area contributed by atoms with E-state index >= 15 is 0 Å². The minimum absolute atomic E-state index is 0.141. The maximum atomic E-state index is 12.8. The molecule has 3 heterocycles. The molecule has 2 fully saturated rings. The Morgan fingerprint density at radius 3 is 2.85 bits per heavy atom. The fourth-order valence-corrected chi connectivity index (χ4v) is 5.34. The van der Waals surface area contributed by atoms with Crippen LogP contribution >= 0.6 is 0 Å². The summed E-state index contributed by atoms with van der Waals surface area (Å²) in [5.41, 5.74) is 0.623. The van der Waals surface area contributed by atoms with E-state index in [2.05, 4.69) is 15.5 Å². The summed E-state index contributed by atoms with van der Waals surface area (Å²) < 4.78 is 27.3. The lowest BCUT2D eigenvalue weighted by atomic mass is 9.91. The van der Waals surface area contributed by atoms with Crippen LogP contribution in [-0.2, 0) is 10.0 Å². The van der Waals surface area contributed by atoms with Gasteiger partial charge in [-0.1, -0.05) is 0 Å². The van der Waals surface area contributed by atoms with Crippen molar-refractivity contribution in [3.8, 4) is 0 Å². The van der Waals surface area contributed by atoms with Crippen molar-refractivity contribution in [1.29, 1.82) is 0 Å². The molecule has 0 aliphatic carbocycles. The Morgan fingerprint density at radius 1 is 1.35 bits per heavy atom. The minimum atomic E-state index is -3.41. The van der Waals surface area contributed by atoms with Crippen LogP contribution < -0.4 is 5.32 Å². The van der Waals surface area contributed by atoms with E-state index in [-0.39, 0.29) is 6.04 Å². The Morgan fingerprint density at radius 2 is 2.20 bits per heavy atom. The summed E-state index contributed by atoms with van der Waals surface area (Å²) >= 11 is 0. The predicted octanol–water partition coefficient (Wildman–Crippen LogP) is 0.871. The average molecular weight is 298 g/mol. The van der Waals surface area contributed by atoms with Crippen LogP contribution in [0.5, 0.6) is 0 Å². The molecule has 0 bridgehead atoms. The molecule has 3 rings (SSSR count). The van der Waals surface area contributed by atoms with E-state index in [0.29, 0.717) is 23.1 Å². The highest BCUT2D eigenvalue weighted by molar-refractivity contribution is 7.89. The molecule has 2 atom stereocenters. The van der Waals surface area contributed by atoms with Crippen molar-refractivity contribution in [3.05, 3.63) is 11.9 Å². The van der Waals surface area contributed by atoms with Gasteiger partial charge in [0.05, 0.1) is 11.9 Å². The van der Waals surface area contributed by atoms with Crippen LogP contribution in [0.25, 0.3) is 0 Å². The van der Waals surface area contributed by atoms with Crippen LogP contribution in [0, 0.1) is 12.8 Å². The molecule has 1 aromatic heterocycles. The first-order valence-electron chi connectivity index (χ1n) is 7.33. The van der Waals surface area contributed by atoms with Crippen LogP contribution in [0.2, 0.25) is 0 Å². The molecule has 0 aromatic carbocycles. The number of H-pyrrole nitrogens is 1. The Hall–Kier alpha value is -0.920. The highest BCUT2D eigenvalue weighted by atomic mass is 32.2. The standard InChI is InChI=1S/C13H22N4O2S/c1-10-13(9-15-16-10)20(18,19)17-7-3-5-12(17)11-4-2-6-14-8-11/h9,11-12,14H,2-8H2,1H3,(H,15,16). The van der Waals surface area contributed by atoms with Crippen molar-refractivity contribution in [2.45, 2.75) is 43.5 Å². The van der Waals surface area contributed by atoms with Crippen molar-refractivity contribution < 1.29 is 8.42 Å². The quantitative estimate of drug-likeness (QED) is 0.868. The molecule has 2 N–H and O–H groups in total. The summed E-state index contributed by atoms with van der Waals surface area (Å²) in [7, 11) is -3.41. The number of aromatic nitrogens is 2. The molecule has 2 unspecified atom stereocenters. The van der Waals surface area contributed by atoms with Gasteiger partial charge in [-0.3, -0.25) is 5.10 Å². The number of sulfonamides is 1. The van der Waals surface area contributed by atoms with E-state index in [1.54, 1.807) is 11.2 Å². The lowest BCUT2D eigenvalue weighted by molar-refractivity contribution is 0.239. The first-order chi connectivity index (χ1) is 9.60. The summed E-state index contributed by atoms with van der Waals surface area (Å²) in [4.78, 5) is 0.327. The van der Waals surface area contributed by atoms with Crippen molar-refractivity contribution in [3.63, 3.8) is 0 Å². The lowest BCUT2D eigenvalue weighted by Gasteiger charge is -2.33. The van der Waals surface area contributed by atoms with Crippen LogP contribution in [0.4, 0.5) is 0 Å². The number of aromatic amines is 1. The summed E-state index contributed by atoms with van der Waals surface area (Å²) in [6, 6.07) is 0.141. The molecule has 2 aliphatic heterocycles. The highest BCUT2D eigenvalue weighted by Crippen LogP contribution is 2.33. The molecule has 112 valence electrons. The van der Waals surface area contributed by atoms with E-state index in [1.807, 2.05) is 0 Å². The van der Waals surface area contributed by atoms with E-state index in [0.717, 1.165) is 38.8 Å². The Balaban J connectivity index is 1.86. The number of nitrogens with zero attached hydrogens (tertiary/aromatic N) is 2. The molecule has 2 aliphatic rings. The molecule has 0 spiro atoms. The third kappa shape index (κ3) is 2.38. The van der Waals surface area contributed by atoms with Gasteiger partial charge >= 0.3 is 0 Å². The number of hydrogen-bond donors (Lipinski definition) is 2. The van der Waals surface area contributed by atoms with Gasteiger partial charge in [0.25, 0.3) is 0 Å². The monoisotopic (exact) mass is 298 g/mol. The summed E-state index contributed by atoms with van der Waals surface area (Å²) in [6.45, 7) is 4.37. The second-order valence-corrected chi connectivity index (χ2v) is 7.65. The summed E-state index contributed by atoms with van der Waals surface area (Å²) in [6.07, 6.45) is 5.62. The summed E-state index contributed by atoms with van der Waals surface area (Å²) in [5, 5.41) is 9.97. The smallest absolute Gasteiger partial charge is 0.246 e. The second kappa shape index (κ2) is 5.46. The molecule has 0 radical (unpaired) electrons. The van der Waals surface area contributed by atoms with Crippen LogP contribution in [0.1, 0.15) is 31.4 Å². The predicted molar refractivity (Wildman–Crippen MR) is 75.8 cm³/mol. The third-order valence-electron chi connectivity index (χ3n) is 4.50. The Labute approximate surface area is 120 Å². The van der Waals surface area contributed by atoms with Gasteiger partial charge in [-0.25, -0.2) is 8.42 Å². The first kappa shape index (κ1) is 14.0. The molecule has 2 saturated heterocycles. The van der Waals surface area contributed by atoms with Crippen LogP contribution in [0.3, 0.4) is 0 Å². The van der Waals surface area contributed by atoms with E-state index in [1.165, 1.54) is 6.20 Å². The molecule has 1 aromatic rings. The lowest BCUT2D eigenvalue weighted by Crippen LogP contribution is -2.45. The molecule has 0 saturated carbocycles. The summed E-state index contributed by atoms with van der Waals surface area (Å²) in [5.74, 6) is 0.438. The van der Waals surface area contributed by atoms with Gasteiger partial charge in [0.1, 0.15) is 4.90 Å². The van der Waals surface area contributed by atoms with Crippen molar-refractivity contribution >= 4 is 10.0 Å². The number of rotatable bonds is 3. The van der Waals surface area contributed by atoms with Gasteiger partial charge in [0.2, 0.25) is 10.0 Å². The molecule has 6 nitrogen and oxygen atoms in total. The van der Waals surface area contributed by atoms with Crippen molar-refractivity contribution in [2.75, 3.05) is 19.6 Å². The van der Waals surface area contributed by atoms with Gasteiger partial charge in [-0.2, -0.15) is 9.40 Å². The number of aryl methyl sites for hydroxylation is 1. The fourth-order valence-electron chi connectivity index (χ4n) is 3.47. The molecular weight excluding hydrogens is 276 g/mol. The minimum Gasteiger partial charge on any atom is -0.316 e. The number of hydrogen-bond acceptors (Lipinski definition) is 4. The van der Waals surface area contributed by atoms with Crippen molar-refractivity contribution in [1.82, 2.24) is 19.8 Å². The first-order valence-corrected chi connectivity index (χ1v) is 8.77. The average Bonchev–Trinajstić information content (AvgIpc) is 3.08. The second-order valence-electron chi connectivity index (χ2n) is 5.79. The highest BCUT2D eigenvalue weighted by Gasteiger charge is 2.40. The maximum absolute atomic E-state index is 12.8. The van der Waals surface area contributed by atoms with Gasteiger partial charge < -0.3 is 5.32 Å². The Kier molecular flexibility index (Phi) is 3.83. The topological polar surface area (TPSA) is 78.1 Å². The van der Waals surface area contributed by atoms with Gasteiger partial charge in [-0.05, 0) is 51.6 Å². The molecule has 7 heteroatoms. The van der Waals surface area contributed by atoms with E-state index < -0.39 is 10.0 Å². The number of piperidine rings is 1. The zero-order valence-electron chi connectivity index (χ0n) is 11.8. The molecule has 0 amide bonds. The molecule has 20 heavy (non-hydrogen) atoms. The van der Waals surface area contributed by atoms with Gasteiger partial charge in [0, 0.05) is 12.6 Å². The molecular formula is C13H22N4O2S. The normalized spacial score (nSPS) is 28.9. The third-order valence-corrected chi connectivity index (χ3v) is 6.54. The van der Waals surface area contributed by atoms with Gasteiger partial charge in [-0.15, -0.1) is 0 Å². The number of nitrogens with one attached hydrogen (secondary N) is 2. The maximum Gasteiger partial charge on any atom is 0.246 e. The SMILES string of the molecule is Cc1[nH]ncc1S(=O)(=O)N1CCCC1C1CCCNC1. The van der Waals surface area contributed by atoms with Crippen LogP contribution in [0.15, 0.2) is 11.1 Å². The Bertz CT molecular complexity index is 563. The van der Waals surface area contributed by atoms with E-state index in [9.17, 15) is 8.42 Å². The fraction of sp³-hybridized carbons (Fsp3) is 0.769. The zero-order valence-corrected chi connectivity index (χ0v) is 12.6. The van der Waals surface area contributed by atoms with E-state index in [4.69, 9.17) is 0 Å². The van der Waals surface area contributed by atoms with Crippen LogP contribution in [-0.4, -0.2) is 48.6 Å². The zero-order chi connectivity index (χ0) is 14.2. The van der Waals surface area contributed by atoms with Gasteiger partial charge in [0.15, 0.2) is 0 Å². The largest absolute Gasteiger partial charge is 0.316 e. The van der Waals surface area contributed by atoms with Crippen molar-refractivity contribution in [2.24, 2.45) is 5.92 Å².